The summed E-state index contributed by atoms with van der Waals surface area (Å²) >= 11 is 0. The predicted octanol–water partition coefficient (Wildman–Crippen LogP) is 3.12. The zero-order valence-electron chi connectivity index (χ0n) is 14.0. The summed E-state index contributed by atoms with van der Waals surface area (Å²) in [6.45, 7) is 1.59. The molecular formula is C20H20N4O. The molecule has 3 aromatic rings. The number of carbonyl (C=O) groups is 1. The smallest absolute Gasteiger partial charge is 0.256 e. The van der Waals surface area contributed by atoms with Crippen LogP contribution in [0.2, 0.25) is 0 Å². The summed E-state index contributed by atoms with van der Waals surface area (Å²) < 4.78 is 0. The second-order valence-electron chi connectivity index (χ2n) is 6.58. The summed E-state index contributed by atoms with van der Waals surface area (Å²) in [5.74, 6) is 0.498. The van der Waals surface area contributed by atoms with Crippen LogP contribution in [0.5, 0.6) is 0 Å². The molecule has 0 bridgehead atoms. The summed E-state index contributed by atoms with van der Waals surface area (Å²) in [4.78, 5) is 26.9. The molecule has 0 radical (unpaired) electrons. The van der Waals surface area contributed by atoms with Gasteiger partial charge in [-0.3, -0.25) is 9.78 Å². The molecule has 0 spiro atoms. The minimum atomic E-state index is 0.0323. The number of amides is 1. The molecule has 126 valence electrons. The maximum absolute atomic E-state index is 12.6. The molecule has 1 atom stereocenters. The molecule has 0 saturated carbocycles. The Balaban J connectivity index is 1.51. The summed E-state index contributed by atoms with van der Waals surface area (Å²) in [5.41, 5.74) is 2.91. The molecule has 5 heteroatoms. The number of aromatic nitrogens is 3. The molecule has 1 unspecified atom stereocenters. The molecule has 1 saturated heterocycles. The molecule has 0 aliphatic carbocycles. The van der Waals surface area contributed by atoms with Gasteiger partial charge in [-0.2, -0.15) is 0 Å². The first-order valence-electron chi connectivity index (χ1n) is 8.68. The highest BCUT2D eigenvalue weighted by molar-refractivity contribution is 5.93. The van der Waals surface area contributed by atoms with E-state index >= 15 is 0 Å². The van der Waals surface area contributed by atoms with Crippen molar-refractivity contribution in [3.05, 3.63) is 66.4 Å². The van der Waals surface area contributed by atoms with E-state index in [2.05, 4.69) is 33.2 Å². The van der Waals surface area contributed by atoms with Gasteiger partial charge in [-0.25, -0.2) is 9.97 Å². The van der Waals surface area contributed by atoms with Crippen LogP contribution in [0, 0.1) is 5.92 Å². The maximum atomic E-state index is 12.6. The van der Waals surface area contributed by atoms with Crippen LogP contribution < -0.4 is 0 Å². The van der Waals surface area contributed by atoms with Gasteiger partial charge in [0.2, 0.25) is 0 Å². The molecule has 4 rings (SSSR count). The second kappa shape index (κ2) is 6.97. The van der Waals surface area contributed by atoms with Crippen LogP contribution in [0.3, 0.4) is 0 Å². The van der Waals surface area contributed by atoms with Crippen molar-refractivity contribution in [1.82, 2.24) is 19.9 Å². The van der Waals surface area contributed by atoms with E-state index in [0.29, 0.717) is 11.5 Å². The van der Waals surface area contributed by atoms with Crippen LogP contribution in [0.4, 0.5) is 0 Å². The third kappa shape index (κ3) is 3.36. The SMILES string of the molecule is O=C(c1cncnc1)N1CCCC(Cc2ccnc3ccccc23)C1. The first kappa shape index (κ1) is 15.7. The van der Waals surface area contributed by atoms with Gasteiger partial charge in [0.1, 0.15) is 6.33 Å². The van der Waals surface area contributed by atoms with Gasteiger partial charge in [-0.1, -0.05) is 18.2 Å². The Morgan fingerprint density at radius 3 is 2.88 bits per heavy atom. The van der Waals surface area contributed by atoms with Crippen molar-refractivity contribution < 1.29 is 4.79 Å². The minimum absolute atomic E-state index is 0.0323. The molecule has 1 fully saturated rings. The molecule has 1 aliphatic rings. The number of para-hydroxylation sites is 1. The number of hydrogen-bond acceptors (Lipinski definition) is 4. The average molecular weight is 332 g/mol. The maximum Gasteiger partial charge on any atom is 0.256 e. The van der Waals surface area contributed by atoms with Crippen molar-refractivity contribution in [2.24, 2.45) is 5.92 Å². The third-order valence-electron chi connectivity index (χ3n) is 4.86. The van der Waals surface area contributed by atoms with Crippen LogP contribution in [-0.4, -0.2) is 38.8 Å². The van der Waals surface area contributed by atoms with E-state index in [1.165, 1.54) is 17.3 Å². The van der Waals surface area contributed by atoms with Crippen molar-refractivity contribution in [2.75, 3.05) is 13.1 Å². The normalized spacial score (nSPS) is 17.6. The van der Waals surface area contributed by atoms with Crippen molar-refractivity contribution >= 4 is 16.8 Å². The van der Waals surface area contributed by atoms with Crippen LogP contribution >= 0.6 is 0 Å². The third-order valence-corrected chi connectivity index (χ3v) is 4.86. The number of hydrogen-bond donors (Lipinski definition) is 0. The first-order valence-corrected chi connectivity index (χ1v) is 8.68. The Morgan fingerprint density at radius 2 is 2.00 bits per heavy atom. The molecule has 5 nitrogen and oxygen atoms in total. The molecule has 3 heterocycles. The van der Waals surface area contributed by atoms with Gasteiger partial charge in [-0.05, 0) is 42.9 Å². The van der Waals surface area contributed by atoms with E-state index in [1.807, 2.05) is 23.2 Å². The van der Waals surface area contributed by atoms with Crippen LogP contribution in [0.15, 0.2) is 55.2 Å². The number of pyridine rings is 1. The molecule has 25 heavy (non-hydrogen) atoms. The quantitative estimate of drug-likeness (QED) is 0.739. The fourth-order valence-corrected chi connectivity index (χ4v) is 3.65. The van der Waals surface area contributed by atoms with Gasteiger partial charge in [0.05, 0.1) is 11.1 Å². The highest BCUT2D eigenvalue weighted by Gasteiger charge is 2.25. The van der Waals surface area contributed by atoms with Crippen LogP contribution in [-0.2, 0) is 6.42 Å². The van der Waals surface area contributed by atoms with E-state index < -0.39 is 0 Å². The second-order valence-corrected chi connectivity index (χ2v) is 6.58. The van der Waals surface area contributed by atoms with Gasteiger partial charge >= 0.3 is 0 Å². The molecule has 0 N–H and O–H groups in total. The summed E-state index contributed by atoms with van der Waals surface area (Å²) in [6.07, 6.45) is 9.66. The fourth-order valence-electron chi connectivity index (χ4n) is 3.65. The van der Waals surface area contributed by atoms with E-state index in [4.69, 9.17) is 0 Å². The predicted molar refractivity (Wildman–Crippen MR) is 96.1 cm³/mol. The molecule has 1 amide bonds. The van der Waals surface area contributed by atoms with Gasteiger partial charge in [-0.15, -0.1) is 0 Å². The number of fused-ring (bicyclic) bond motifs is 1. The summed E-state index contributed by atoms with van der Waals surface area (Å²) in [5, 5.41) is 1.21. The van der Waals surface area contributed by atoms with E-state index in [1.54, 1.807) is 12.4 Å². The van der Waals surface area contributed by atoms with Crippen molar-refractivity contribution in [2.45, 2.75) is 19.3 Å². The van der Waals surface area contributed by atoms with Crippen LogP contribution in [0.25, 0.3) is 10.9 Å². The van der Waals surface area contributed by atoms with Gasteiger partial charge in [0.15, 0.2) is 0 Å². The Morgan fingerprint density at radius 1 is 1.16 bits per heavy atom. The zero-order valence-corrected chi connectivity index (χ0v) is 14.0. The Bertz CT molecular complexity index is 876. The molecule has 1 aliphatic heterocycles. The lowest BCUT2D eigenvalue weighted by atomic mass is 9.90. The van der Waals surface area contributed by atoms with Gasteiger partial charge < -0.3 is 4.90 Å². The fraction of sp³-hybridized carbons (Fsp3) is 0.300. The summed E-state index contributed by atoms with van der Waals surface area (Å²) in [7, 11) is 0. The van der Waals surface area contributed by atoms with Gasteiger partial charge in [0, 0.05) is 37.1 Å². The highest BCUT2D eigenvalue weighted by Crippen LogP contribution is 2.25. The monoisotopic (exact) mass is 332 g/mol. The molecule has 2 aromatic heterocycles. The number of rotatable bonds is 3. The van der Waals surface area contributed by atoms with E-state index in [0.717, 1.165) is 37.9 Å². The standard InChI is InChI=1S/C20H20N4O/c25-20(17-11-21-14-22-12-17)24-9-3-4-15(13-24)10-16-7-8-23-19-6-2-1-5-18(16)19/h1-2,5-8,11-12,14-15H,3-4,9-10,13H2. The topological polar surface area (TPSA) is 59.0 Å². The average Bonchev–Trinajstić information content (AvgIpc) is 2.69. The summed E-state index contributed by atoms with van der Waals surface area (Å²) in [6, 6.07) is 10.4. The number of benzene rings is 1. The lowest BCUT2D eigenvalue weighted by molar-refractivity contribution is 0.0672. The molecule has 1 aromatic carbocycles. The minimum Gasteiger partial charge on any atom is -0.338 e. The highest BCUT2D eigenvalue weighted by atomic mass is 16.2. The number of likely N-dealkylation sites (tertiary alicyclic amines) is 1. The molecular weight excluding hydrogens is 312 g/mol. The van der Waals surface area contributed by atoms with E-state index in [-0.39, 0.29) is 5.91 Å². The van der Waals surface area contributed by atoms with Crippen molar-refractivity contribution in [1.29, 1.82) is 0 Å². The zero-order chi connectivity index (χ0) is 17.1. The lowest BCUT2D eigenvalue weighted by Gasteiger charge is -2.33. The van der Waals surface area contributed by atoms with Crippen LogP contribution in [0.1, 0.15) is 28.8 Å². The Labute approximate surface area is 146 Å². The Hall–Kier alpha value is -2.82. The van der Waals surface area contributed by atoms with Crippen molar-refractivity contribution in [3.8, 4) is 0 Å². The van der Waals surface area contributed by atoms with Gasteiger partial charge in [0.25, 0.3) is 5.91 Å². The number of carbonyl (C=O) groups excluding carboxylic acids is 1. The van der Waals surface area contributed by atoms with Crippen molar-refractivity contribution in [3.63, 3.8) is 0 Å². The Kier molecular flexibility index (Phi) is 4.37. The number of nitrogens with zero attached hydrogens (tertiary/aromatic N) is 4. The number of piperidine rings is 1. The largest absolute Gasteiger partial charge is 0.338 e. The lowest BCUT2D eigenvalue weighted by Crippen LogP contribution is -2.40. The first-order chi connectivity index (χ1) is 12.3. The van der Waals surface area contributed by atoms with E-state index in [9.17, 15) is 4.79 Å².